The first-order valence-electron chi connectivity index (χ1n) is 7.14. The van der Waals surface area contributed by atoms with Gasteiger partial charge in [-0.15, -0.1) is 0 Å². The lowest BCUT2D eigenvalue weighted by Gasteiger charge is -2.29. The van der Waals surface area contributed by atoms with Gasteiger partial charge in [0.1, 0.15) is 6.04 Å². The summed E-state index contributed by atoms with van der Waals surface area (Å²) in [5.41, 5.74) is 2.17. The summed E-state index contributed by atoms with van der Waals surface area (Å²) >= 11 is 1.59. The molecule has 0 aliphatic carbocycles. The number of rotatable bonds is 3. The van der Waals surface area contributed by atoms with Crippen LogP contribution in [-0.2, 0) is 9.53 Å². The van der Waals surface area contributed by atoms with Crippen LogP contribution in [0, 0.1) is 6.92 Å². The third-order valence-electron chi connectivity index (χ3n) is 3.65. The topological polar surface area (TPSA) is 54.5 Å². The maximum Gasteiger partial charge on any atom is 0.244 e. The van der Waals surface area contributed by atoms with Crippen LogP contribution in [0.2, 0.25) is 0 Å². The standard InChI is InChI=1S/C15H19N3O2S/c1-10-4-3-5-12-13(10)17-15(21-12)16-11(2)14(19)18-6-8-20-9-7-18/h3-5,11H,6-9H2,1-2H3,(H,16,17). The maximum atomic E-state index is 12.4. The highest BCUT2D eigenvalue weighted by Gasteiger charge is 2.23. The molecule has 0 saturated carbocycles. The second kappa shape index (κ2) is 5.99. The van der Waals surface area contributed by atoms with Crippen molar-refractivity contribution in [1.29, 1.82) is 0 Å². The van der Waals surface area contributed by atoms with Gasteiger partial charge in [0, 0.05) is 13.1 Å². The van der Waals surface area contributed by atoms with E-state index in [0.717, 1.165) is 20.9 Å². The number of aryl methyl sites for hydroxylation is 1. The highest BCUT2D eigenvalue weighted by molar-refractivity contribution is 7.22. The van der Waals surface area contributed by atoms with E-state index in [1.807, 2.05) is 30.9 Å². The fourth-order valence-electron chi connectivity index (χ4n) is 2.45. The van der Waals surface area contributed by atoms with Crippen LogP contribution in [0.5, 0.6) is 0 Å². The van der Waals surface area contributed by atoms with E-state index < -0.39 is 0 Å². The van der Waals surface area contributed by atoms with Crippen molar-refractivity contribution in [3.05, 3.63) is 23.8 Å². The predicted octanol–water partition coefficient (Wildman–Crippen LogP) is 2.26. The fourth-order valence-corrected chi connectivity index (χ4v) is 3.48. The SMILES string of the molecule is Cc1cccc2sc(NC(C)C(=O)N3CCOCC3)nc12. The smallest absolute Gasteiger partial charge is 0.244 e. The van der Waals surface area contributed by atoms with Crippen molar-refractivity contribution < 1.29 is 9.53 Å². The van der Waals surface area contributed by atoms with Gasteiger partial charge in [0.15, 0.2) is 5.13 Å². The summed E-state index contributed by atoms with van der Waals surface area (Å²) in [5.74, 6) is 0.106. The van der Waals surface area contributed by atoms with Gasteiger partial charge in [0.25, 0.3) is 0 Å². The van der Waals surface area contributed by atoms with Crippen LogP contribution in [-0.4, -0.2) is 48.1 Å². The first kappa shape index (κ1) is 14.3. The predicted molar refractivity (Wildman–Crippen MR) is 84.8 cm³/mol. The van der Waals surface area contributed by atoms with Gasteiger partial charge in [-0.1, -0.05) is 23.5 Å². The number of anilines is 1. The lowest BCUT2D eigenvalue weighted by atomic mass is 10.2. The van der Waals surface area contributed by atoms with E-state index in [0.29, 0.717) is 26.3 Å². The Balaban J connectivity index is 1.72. The molecule has 6 heteroatoms. The third-order valence-corrected chi connectivity index (χ3v) is 4.61. The summed E-state index contributed by atoms with van der Waals surface area (Å²) < 4.78 is 6.42. The molecule has 1 saturated heterocycles. The molecule has 0 spiro atoms. The van der Waals surface area contributed by atoms with Gasteiger partial charge in [0.05, 0.1) is 23.4 Å². The van der Waals surface area contributed by atoms with Crippen LogP contribution in [0.3, 0.4) is 0 Å². The summed E-state index contributed by atoms with van der Waals surface area (Å²) in [6, 6.07) is 5.86. The average Bonchev–Trinajstić information content (AvgIpc) is 2.91. The zero-order chi connectivity index (χ0) is 14.8. The van der Waals surface area contributed by atoms with E-state index in [1.54, 1.807) is 11.3 Å². The number of nitrogens with zero attached hydrogens (tertiary/aromatic N) is 2. The number of aromatic nitrogens is 1. The molecule has 5 nitrogen and oxygen atoms in total. The van der Waals surface area contributed by atoms with Crippen molar-refractivity contribution in [2.75, 3.05) is 31.6 Å². The van der Waals surface area contributed by atoms with Gasteiger partial charge in [-0.25, -0.2) is 4.98 Å². The third kappa shape index (κ3) is 3.01. The Bertz CT molecular complexity index is 649. The lowest BCUT2D eigenvalue weighted by molar-refractivity contribution is -0.135. The molecule has 1 unspecified atom stereocenters. The highest BCUT2D eigenvalue weighted by atomic mass is 32.1. The monoisotopic (exact) mass is 305 g/mol. The molecule has 1 aromatic carbocycles. The van der Waals surface area contributed by atoms with E-state index in [1.165, 1.54) is 0 Å². The van der Waals surface area contributed by atoms with Crippen LogP contribution in [0.15, 0.2) is 18.2 Å². The summed E-state index contributed by atoms with van der Waals surface area (Å²) in [6.07, 6.45) is 0. The first-order chi connectivity index (χ1) is 10.1. The number of morpholine rings is 1. The Labute approximate surface area is 127 Å². The number of carbonyl (C=O) groups excluding carboxylic acids is 1. The average molecular weight is 305 g/mol. The Kier molecular flexibility index (Phi) is 4.07. The van der Waals surface area contributed by atoms with Crippen molar-refractivity contribution in [1.82, 2.24) is 9.88 Å². The van der Waals surface area contributed by atoms with Gasteiger partial charge in [0.2, 0.25) is 5.91 Å². The van der Waals surface area contributed by atoms with Gasteiger partial charge >= 0.3 is 0 Å². The zero-order valence-electron chi connectivity index (χ0n) is 12.3. The van der Waals surface area contributed by atoms with Crippen molar-refractivity contribution in [2.45, 2.75) is 19.9 Å². The molecule has 3 rings (SSSR count). The zero-order valence-corrected chi connectivity index (χ0v) is 13.1. The van der Waals surface area contributed by atoms with Crippen molar-refractivity contribution >= 4 is 32.6 Å². The van der Waals surface area contributed by atoms with Crippen LogP contribution in [0.25, 0.3) is 10.2 Å². The lowest BCUT2D eigenvalue weighted by Crippen LogP contribution is -2.46. The van der Waals surface area contributed by atoms with Crippen LogP contribution in [0.1, 0.15) is 12.5 Å². The Morgan fingerprint density at radius 3 is 2.90 bits per heavy atom. The second-order valence-electron chi connectivity index (χ2n) is 5.24. The van der Waals surface area contributed by atoms with E-state index in [2.05, 4.69) is 16.4 Å². The number of hydrogen-bond donors (Lipinski definition) is 1. The molecule has 2 aromatic rings. The molecule has 0 radical (unpaired) electrons. The molecule has 0 bridgehead atoms. The number of nitrogens with one attached hydrogen (secondary N) is 1. The number of fused-ring (bicyclic) bond motifs is 1. The highest BCUT2D eigenvalue weighted by Crippen LogP contribution is 2.28. The molecule has 1 aliphatic heterocycles. The minimum atomic E-state index is -0.274. The summed E-state index contributed by atoms with van der Waals surface area (Å²) in [5, 5.41) is 4.03. The largest absolute Gasteiger partial charge is 0.378 e. The molecule has 1 aliphatic rings. The van der Waals surface area contributed by atoms with E-state index in [-0.39, 0.29) is 11.9 Å². The number of thiazole rings is 1. The quantitative estimate of drug-likeness (QED) is 0.945. The summed E-state index contributed by atoms with van der Waals surface area (Å²) in [7, 11) is 0. The van der Waals surface area contributed by atoms with E-state index in [9.17, 15) is 4.79 Å². The fraction of sp³-hybridized carbons (Fsp3) is 0.467. The normalized spacial score (nSPS) is 17.0. The Morgan fingerprint density at radius 2 is 2.19 bits per heavy atom. The van der Waals surface area contributed by atoms with Crippen LogP contribution < -0.4 is 5.32 Å². The molecule has 1 amide bonds. The molecule has 1 N–H and O–H groups in total. The molecular formula is C15H19N3O2S. The van der Waals surface area contributed by atoms with E-state index >= 15 is 0 Å². The van der Waals surface area contributed by atoms with Crippen LogP contribution >= 0.6 is 11.3 Å². The molecule has 1 atom stereocenters. The molecule has 1 fully saturated rings. The molecule has 2 heterocycles. The number of ether oxygens (including phenoxy) is 1. The number of amides is 1. The van der Waals surface area contributed by atoms with Crippen molar-refractivity contribution in [3.8, 4) is 0 Å². The Morgan fingerprint density at radius 1 is 1.43 bits per heavy atom. The Hall–Kier alpha value is -1.66. The van der Waals surface area contributed by atoms with Crippen molar-refractivity contribution in [3.63, 3.8) is 0 Å². The summed E-state index contributed by atoms with van der Waals surface area (Å²) in [4.78, 5) is 18.8. The van der Waals surface area contributed by atoms with E-state index in [4.69, 9.17) is 4.74 Å². The minimum Gasteiger partial charge on any atom is -0.378 e. The van der Waals surface area contributed by atoms with Gasteiger partial charge in [-0.2, -0.15) is 0 Å². The van der Waals surface area contributed by atoms with Crippen LogP contribution in [0.4, 0.5) is 5.13 Å². The molecule has 21 heavy (non-hydrogen) atoms. The minimum absolute atomic E-state index is 0.106. The number of benzene rings is 1. The molecule has 112 valence electrons. The number of carbonyl (C=O) groups is 1. The van der Waals surface area contributed by atoms with Crippen molar-refractivity contribution in [2.24, 2.45) is 0 Å². The summed E-state index contributed by atoms with van der Waals surface area (Å²) in [6.45, 7) is 6.52. The van der Waals surface area contributed by atoms with Gasteiger partial charge < -0.3 is 15.0 Å². The number of para-hydroxylation sites is 1. The number of hydrogen-bond acceptors (Lipinski definition) is 5. The molecular weight excluding hydrogens is 286 g/mol. The van der Waals surface area contributed by atoms with Gasteiger partial charge in [-0.05, 0) is 25.5 Å². The second-order valence-corrected chi connectivity index (χ2v) is 6.28. The first-order valence-corrected chi connectivity index (χ1v) is 7.96. The van der Waals surface area contributed by atoms with Gasteiger partial charge in [-0.3, -0.25) is 4.79 Å². The maximum absolute atomic E-state index is 12.4. The molecule has 1 aromatic heterocycles.